The molecule has 0 aromatic heterocycles. The monoisotopic (exact) mass is 230 g/mol. The molecule has 0 aromatic rings. The number of rotatable bonds is 3. The predicted molar refractivity (Wildman–Crippen MR) is 58.7 cm³/mol. The zero-order valence-corrected chi connectivity index (χ0v) is 9.48. The Balaban J connectivity index is 1.73. The van der Waals surface area contributed by atoms with Gasteiger partial charge in [0, 0.05) is 24.4 Å². The van der Waals surface area contributed by atoms with E-state index >= 15 is 0 Å². The van der Waals surface area contributed by atoms with Gasteiger partial charge in [0.25, 0.3) is 0 Å². The molecular weight excluding hydrogens is 211 g/mol. The first-order valence-corrected chi connectivity index (χ1v) is 6.15. The van der Waals surface area contributed by atoms with E-state index in [-0.39, 0.29) is 11.0 Å². The Morgan fingerprint density at radius 1 is 1.25 bits per heavy atom. The summed E-state index contributed by atoms with van der Waals surface area (Å²) in [6.07, 6.45) is 3.31. The molecule has 92 valence electrons. The van der Waals surface area contributed by atoms with E-state index in [0.717, 1.165) is 25.9 Å². The molecule has 1 aliphatic heterocycles. The minimum absolute atomic E-state index is 0.168. The van der Waals surface area contributed by atoms with E-state index in [1.165, 1.54) is 0 Å². The third-order valence-electron chi connectivity index (χ3n) is 3.84. The van der Waals surface area contributed by atoms with Gasteiger partial charge in [-0.25, -0.2) is 4.39 Å². The zero-order chi connectivity index (χ0) is 11.5. The molecule has 16 heavy (non-hydrogen) atoms. The summed E-state index contributed by atoms with van der Waals surface area (Å²) in [6.45, 7) is 2.35. The van der Waals surface area contributed by atoms with Crippen molar-refractivity contribution in [3.63, 3.8) is 0 Å². The second kappa shape index (κ2) is 5.08. The van der Waals surface area contributed by atoms with Crippen molar-refractivity contribution >= 4 is 0 Å². The van der Waals surface area contributed by atoms with Crippen molar-refractivity contribution in [3.05, 3.63) is 10.1 Å². The van der Waals surface area contributed by atoms with Crippen molar-refractivity contribution in [1.29, 1.82) is 0 Å². The Hall–Kier alpha value is -0.710. The molecule has 5 heteroatoms. The highest BCUT2D eigenvalue weighted by Crippen LogP contribution is 2.27. The molecule has 1 saturated carbocycles. The lowest BCUT2D eigenvalue weighted by Gasteiger charge is -2.27. The number of nitro groups is 1. The molecule has 1 unspecified atom stereocenters. The van der Waals surface area contributed by atoms with Gasteiger partial charge in [-0.1, -0.05) is 0 Å². The summed E-state index contributed by atoms with van der Waals surface area (Å²) in [5.74, 6) is 0.553. The lowest BCUT2D eigenvalue weighted by Crippen LogP contribution is -2.32. The molecular formula is C11H19FN2O2. The predicted octanol–water partition coefficient (Wildman–Crippen LogP) is 1.87. The highest BCUT2D eigenvalue weighted by atomic mass is 19.1. The average Bonchev–Trinajstić information content (AvgIpc) is 2.70. The average molecular weight is 230 g/mol. The zero-order valence-electron chi connectivity index (χ0n) is 9.48. The molecule has 0 bridgehead atoms. The lowest BCUT2D eigenvalue weighted by atomic mass is 9.88. The van der Waals surface area contributed by atoms with Crippen molar-refractivity contribution in [2.75, 3.05) is 19.6 Å². The summed E-state index contributed by atoms with van der Waals surface area (Å²) in [5.41, 5.74) is 0. The number of hydrogen-bond donors (Lipinski definition) is 0. The van der Waals surface area contributed by atoms with E-state index in [1.54, 1.807) is 0 Å². The summed E-state index contributed by atoms with van der Waals surface area (Å²) in [4.78, 5) is 12.6. The third kappa shape index (κ3) is 2.90. The normalized spacial score (nSPS) is 36.4. The Kier molecular flexibility index (Phi) is 3.74. The molecule has 4 nitrogen and oxygen atoms in total. The summed E-state index contributed by atoms with van der Waals surface area (Å²) in [6, 6.07) is -0.377. The molecule has 1 atom stereocenters. The van der Waals surface area contributed by atoms with Crippen LogP contribution < -0.4 is 0 Å². The molecule has 2 aliphatic rings. The molecule has 1 saturated heterocycles. The van der Waals surface area contributed by atoms with Crippen LogP contribution in [0.15, 0.2) is 0 Å². The summed E-state index contributed by atoms with van der Waals surface area (Å²) in [5, 5.41) is 10.6. The SMILES string of the molecule is O=[N+]([O-])C1CCN(CC2CCC(F)CC2)C1. The van der Waals surface area contributed by atoms with Crippen LogP contribution in [0.2, 0.25) is 0 Å². The van der Waals surface area contributed by atoms with Gasteiger partial charge in [-0.3, -0.25) is 15.0 Å². The fourth-order valence-corrected chi connectivity index (χ4v) is 2.82. The van der Waals surface area contributed by atoms with Gasteiger partial charge in [-0.15, -0.1) is 0 Å². The van der Waals surface area contributed by atoms with E-state index in [2.05, 4.69) is 4.90 Å². The van der Waals surface area contributed by atoms with E-state index in [0.29, 0.717) is 31.7 Å². The first-order chi connectivity index (χ1) is 7.65. The van der Waals surface area contributed by atoms with Gasteiger partial charge >= 0.3 is 0 Å². The van der Waals surface area contributed by atoms with Crippen LogP contribution in [0.5, 0.6) is 0 Å². The smallest absolute Gasteiger partial charge is 0.226 e. The van der Waals surface area contributed by atoms with Crippen LogP contribution in [-0.4, -0.2) is 41.7 Å². The van der Waals surface area contributed by atoms with Crippen LogP contribution in [0.3, 0.4) is 0 Å². The number of likely N-dealkylation sites (tertiary alicyclic amines) is 1. The van der Waals surface area contributed by atoms with Crippen LogP contribution >= 0.6 is 0 Å². The third-order valence-corrected chi connectivity index (χ3v) is 3.84. The van der Waals surface area contributed by atoms with Gasteiger partial charge in [0.1, 0.15) is 6.17 Å². The van der Waals surface area contributed by atoms with E-state index in [1.807, 2.05) is 0 Å². The van der Waals surface area contributed by atoms with Crippen LogP contribution in [0.25, 0.3) is 0 Å². The first-order valence-electron chi connectivity index (χ1n) is 6.15. The quantitative estimate of drug-likeness (QED) is 0.549. The van der Waals surface area contributed by atoms with E-state index in [9.17, 15) is 14.5 Å². The van der Waals surface area contributed by atoms with Crippen molar-refractivity contribution in [3.8, 4) is 0 Å². The van der Waals surface area contributed by atoms with E-state index in [4.69, 9.17) is 0 Å². The maximum absolute atomic E-state index is 12.9. The fraction of sp³-hybridized carbons (Fsp3) is 1.00. The highest BCUT2D eigenvalue weighted by molar-refractivity contribution is 4.80. The Labute approximate surface area is 95.0 Å². The summed E-state index contributed by atoms with van der Waals surface area (Å²) < 4.78 is 12.9. The van der Waals surface area contributed by atoms with Gasteiger partial charge in [0.15, 0.2) is 0 Å². The second-order valence-electron chi connectivity index (χ2n) is 5.11. The maximum atomic E-state index is 12.9. The molecule has 2 fully saturated rings. The first kappa shape index (κ1) is 11.8. The molecule has 0 amide bonds. The van der Waals surface area contributed by atoms with Crippen LogP contribution in [-0.2, 0) is 0 Å². The molecule has 1 heterocycles. The topological polar surface area (TPSA) is 46.4 Å². The molecule has 0 N–H and O–H groups in total. The van der Waals surface area contributed by atoms with Gasteiger partial charge < -0.3 is 0 Å². The molecule has 2 rings (SSSR count). The fourth-order valence-electron chi connectivity index (χ4n) is 2.82. The molecule has 0 radical (unpaired) electrons. The molecule has 1 aliphatic carbocycles. The van der Waals surface area contributed by atoms with Gasteiger partial charge in [-0.2, -0.15) is 0 Å². The van der Waals surface area contributed by atoms with E-state index < -0.39 is 6.17 Å². The second-order valence-corrected chi connectivity index (χ2v) is 5.11. The Morgan fingerprint density at radius 3 is 2.50 bits per heavy atom. The van der Waals surface area contributed by atoms with Crippen molar-refractivity contribution in [2.45, 2.75) is 44.3 Å². The Morgan fingerprint density at radius 2 is 1.94 bits per heavy atom. The number of nitrogens with zero attached hydrogens (tertiary/aromatic N) is 2. The van der Waals surface area contributed by atoms with Gasteiger partial charge in [-0.05, 0) is 31.6 Å². The molecule has 0 aromatic carbocycles. The standard InChI is InChI=1S/C11H19FN2O2/c12-10-3-1-9(2-4-10)7-13-6-5-11(8-13)14(15)16/h9-11H,1-8H2. The number of halogens is 1. The Bertz CT molecular complexity index is 254. The van der Waals surface area contributed by atoms with Crippen LogP contribution in [0, 0.1) is 16.0 Å². The van der Waals surface area contributed by atoms with Crippen LogP contribution in [0.1, 0.15) is 32.1 Å². The van der Waals surface area contributed by atoms with Crippen molar-refractivity contribution < 1.29 is 9.31 Å². The largest absolute Gasteiger partial charge is 0.296 e. The minimum atomic E-state index is -0.610. The van der Waals surface area contributed by atoms with Crippen LogP contribution in [0.4, 0.5) is 4.39 Å². The lowest BCUT2D eigenvalue weighted by molar-refractivity contribution is -0.518. The van der Waals surface area contributed by atoms with Gasteiger partial charge in [0.05, 0.1) is 6.54 Å². The minimum Gasteiger partial charge on any atom is -0.296 e. The van der Waals surface area contributed by atoms with Gasteiger partial charge in [0.2, 0.25) is 6.04 Å². The highest BCUT2D eigenvalue weighted by Gasteiger charge is 2.32. The maximum Gasteiger partial charge on any atom is 0.226 e. The summed E-state index contributed by atoms with van der Waals surface area (Å²) in [7, 11) is 0. The van der Waals surface area contributed by atoms with Crippen molar-refractivity contribution in [2.24, 2.45) is 5.92 Å². The summed E-state index contributed by atoms with van der Waals surface area (Å²) >= 11 is 0. The number of hydrogen-bond acceptors (Lipinski definition) is 3. The van der Waals surface area contributed by atoms with Crippen molar-refractivity contribution in [1.82, 2.24) is 4.90 Å². The number of alkyl halides is 1. The molecule has 0 spiro atoms.